The van der Waals surface area contributed by atoms with Gasteiger partial charge in [-0.05, 0) is 51.2 Å². The van der Waals surface area contributed by atoms with E-state index in [4.69, 9.17) is 4.74 Å². The van der Waals surface area contributed by atoms with Gasteiger partial charge in [0.2, 0.25) is 16.0 Å². The smallest absolute Gasteiger partial charge is 0.244 e. The summed E-state index contributed by atoms with van der Waals surface area (Å²) in [6, 6.07) is 10.1. The second-order valence-corrected chi connectivity index (χ2v) is 13.3. The molecule has 242 valence electrons. The molecule has 2 saturated heterocycles. The summed E-state index contributed by atoms with van der Waals surface area (Å²) in [7, 11) is 1.28. The highest BCUT2D eigenvalue weighted by atomic mass is 32.2. The number of piperazine rings is 1. The molecule has 2 aliphatic rings. The van der Waals surface area contributed by atoms with Crippen molar-refractivity contribution < 1.29 is 13.2 Å². The number of likely N-dealkylation sites (N-methyl/N-ethyl adjacent to an activating group) is 1. The summed E-state index contributed by atoms with van der Waals surface area (Å²) < 4.78 is 34.4. The maximum atomic E-state index is 13.1. The highest BCUT2D eigenvalue weighted by molar-refractivity contribution is 7.89. The number of hydrogen-bond donors (Lipinski definition) is 3. The van der Waals surface area contributed by atoms with Crippen LogP contribution in [0, 0.1) is 0 Å². The van der Waals surface area contributed by atoms with E-state index in [1.807, 2.05) is 12.1 Å². The molecule has 14 heteroatoms. The van der Waals surface area contributed by atoms with Gasteiger partial charge in [-0.25, -0.2) is 18.1 Å². The molecular weight excluding hydrogens is 604 g/mol. The van der Waals surface area contributed by atoms with Crippen molar-refractivity contribution in [2.45, 2.75) is 23.8 Å². The molecule has 0 bridgehead atoms. The molecule has 2 aliphatic heterocycles. The van der Waals surface area contributed by atoms with Gasteiger partial charge in [-0.1, -0.05) is 12.7 Å². The van der Waals surface area contributed by atoms with E-state index in [-0.39, 0.29) is 16.1 Å². The Bertz CT molecular complexity index is 1820. The first kappa shape index (κ1) is 31.6. The van der Waals surface area contributed by atoms with E-state index in [0.29, 0.717) is 40.3 Å². The molecule has 0 radical (unpaired) electrons. The van der Waals surface area contributed by atoms with Crippen LogP contribution in [0.1, 0.15) is 18.4 Å². The van der Waals surface area contributed by atoms with Crippen molar-refractivity contribution in [1.29, 1.82) is 0 Å². The fourth-order valence-electron chi connectivity index (χ4n) is 6.09. The third kappa shape index (κ3) is 6.60. The van der Waals surface area contributed by atoms with Gasteiger partial charge in [-0.15, -0.1) is 0 Å². The summed E-state index contributed by atoms with van der Waals surface area (Å²) in [5.41, 5.74) is 3.37. The first-order valence-electron chi connectivity index (χ1n) is 15.4. The largest absolute Gasteiger partial charge is 0.494 e. The van der Waals surface area contributed by atoms with Gasteiger partial charge in [0, 0.05) is 81.2 Å². The Balaban J connectivity index is 1.21. The zero-order valence-electron chi connectivity index (χ0n) is 26.4. The van der Waals surface area contributed by atoms with Gasteiger partial charge >= 0.3 is 0 Å². The Morgan fingerprint density at radius 2 is 1.70 bits per heavy atom. The van der Waals surface area contributed by atoms with Crippen LogP contribution in [0.5, 0.6) is 5.75 Å². The lowest BCUT2D eigenvalue weighted by atomic mass is 10.0. The van der Waals surface area contributed by atoms with Crippen molar-refractivity contribution in [1.82, 2.24) is 34.5 Å². The fourth-order valence-corrected chi connectivity index (χ4v) is 7.11. The average Bonchev–Trinajstić information content (AvgIpc) is 3.09. The van der Waals surface area contributed by atoms with Gasteiger partial charge in [0.15, 0.2) is 0 Å². The first-order valence-corrected chi connectivity index (χ1v) is 16.8. The molecule has 2 fully saturated rings. The molecule has 0 saturated carbocycles. The topological polar surface area (TPSA) is 141 Å². The van der Waals surface area contributed by atoms with Crippen molar-refractivity contribution in [2.24, 2.45) is 0 Å². The van der Waals surface area contributed by atoms with Gasteiger partial charge in [-0.2, -0.15) is 4.98 Å². The first-order chi connectivity index (χ1) is 22.3. The number of nitrogens with zero attached hydrogens (tertiary/aromatic N) is 7. The van der Waals surface area contributed by atoms with E-state index in [2.05, 4.69) is 69.7 Å². The molecule has 13 nitrogen and oxygen atoms in total. The Hall–Kier alpha value is -4.37. The second kappa shape index (κ2) is 13.5. The molecule has 0 spiro atoms. The molecule has 2 aromatic carbocycles. The Morgan fingerprint density at radius 3 is 2.41 bits per heavy atom. The molecular formula is C32H40N10O3S. The Kier molecular flexibility index (Phi) is 9.31. The average molecular weight is 645 g/mol. The van der Waals surface area contributed by atoms with E-state index < -0.39 is 10.0 Å². The summed E-state index contributed by atoms with van der Waals surface area (Å²) in [6.07, 6.45) is 8.48. The second-order valence-electron chi connectivity index (χ2n) is 11.5. The predicted molar refractivity (Wildman–Crippen MR) is 182 cm³/mol. The molecule has 46 heavy (non-hydrogen) atoms. The number of sulfonamides is 1. The fraction of sp³-hybridized carbons (Fsp3) is 0.375. The van der Waals surface area contributed by atoms with E-state index >= 15 is 0 Å². The lowest BCUT2D eigenvalue weighted by Gasteiger charge is -2.42. The number of aromatic nitrogens is 4. The zero-order chi connectivity index (χ0) is 32.3. The van der Waals surface area contributed by atoms with Crippen molar-refractivity contribution in [2.75, 3.05) is 76.0 Å². The molecule has 0 amide bonds. The lowest BCUT2D eigenvalue weighted by molar-refractivity contribution is 0.0982. The van der Waals surface area contributed by atoms with Gasteiger partial charge < -0.3 is 25.2 Å². The van der Waals surface area contributed by atoms with Gasteiger partial charge in [-0.3, -0.25) is 14.9 Å². The number of fused-ring (bicyclic) bond motifs is 1. The van der Waals surface area contributed by atoms with Crippen LogP contribution in [0.25, 0.3) is 17.1 Å². The van der Waals surface area contributed by atoms with E-state index in [0.717, 1.165) is 57.8 Å². The normalized spacial score (nSPS) is 16.8. The van der Waals surface area contributed by atoms with Gasteiger partial charge in [0.1, 0.15) is 22.0 Å². The summed E-state index contributed by atoms with van der Waals surface area (Å²) >= 11 is 0. The summed E-state index contributed by atoms with van der Waals surface area (Å²) in [4.78, 5) is 25.1. The van der Waals surface area contributed by atoms with Crippen molar-refractivity contribution in [3.63, 3.8) is 0 Å². The van der Waals surface area contributed by atoms with E-state index in [1.54, 1.807) is 31.5 Å². The van der Waals surface area contributed by atoms with E-state index in [1.165, 1.54) is 19.4 Å². The number of hydrogen-bond acceptors (Lipinski definition) is 12. The Labute approximate surface area is 269 Å². The lowest BCUT2D eigenvalue weighted by Crippen LogP contribution is -2.52. The third-order valence-electron chi connectivity index (χ3n) is 8.74. The molecule has 0 unspecified atom stereocenters. The number of anilines is 5. The van der Waals surface area contributed by atoms with Crippen LogP contribution in [-0.2, 0) is 10.0 Å². The monoisotopic (exact) mass is 644 g/mol. The zero-order valence-corrected chi connectivity index (χ0v) is 27.2. The van der Waals surface area contributed by atoms with E-state index in [9.17, 15) is 8.42 Å². The molecule has 0 atom stereocenters. The van der Waals surface area contributed by atoms with Crippen molar-refractivity contribution in [3.8, 4) is 5.75 Å². The van der Waals surface area contributed by atoms with Gasteiger partial charge in [0.25, 0.3) is 0 Å². The third-order valence-corrected chi connectivity index (χ3v) is 10.2. The minimum absolute atomic E-state index is 0.0337. The van der Waals surface area contributed by atoms with Crippen molar-refractivity contribution >= 4 is 56.0 Å². The van der Waals surface area contributed by atoms with Gasteiger partial charge in [0.05, 0.1) is 24.0 Å². The summed E-state index contributed by atoms with van der Waals surface area (Å²) in [6.45, 7) is 10.5. The highest BCUT2D eigenvalue weighted by Gasteiger charge is 2.27. The van der Waals surface area contributed by atoms with Crippen LogP contribution in [0.3, 0.4) is 0 Å². The number of benzene rings is 2. The SMILES string of the molecule is C=Cc1cnc(Nc2ccc(N3CCC(N4CCN(C)CC4)CC3)cc2OC)nc1Nc1ccc2nccnc2c1S(=O)(=O)NC. The number of ether oxygens (including phenoxy) is 1. The van der Waals surface area contributed by atoms with Crippen LogP contribution in [0.15, 0.2) is 60.4 Å². The number of piperidine rings is 1. The molecule has 6 rings (SSSR count). The maximum Gasteiger partial charge on any atom is 0.244 e. The van der Waals surface area contributed by atoms with Crippen LogP contribution in [-0.4, -0.2) is 105 Å². The Morgan fingerprint density at radius 1 is 0.957 bits per heavy atom. The summed E-state index contributed by atoms with van der Waals surface area (Å²) in [5, 5.41) is 6.43. The maximum absolute atomic E-state index is 13.1. The molecule has 0 aliphatic carbocycles. The van der Waals surface area contributed by atoms with Crippen molar-refractivity contribution in [3.05, 3.63) is 61.1 Å². The van der Waals surface area contributed by atoms with Crippen LogP contribution < -0.4 is 25.0 Å². The van der Waals surface area contributed by atoms with Crippen LogP contribution in [0.4, 0.5) is 28.8 Å². The quantitative estimate of drug-likeness (QED) is 0.232. The van der Waals surface area contributed by atoms with Crippen LogP contribution in [0.2, 0.25) is 0 Å². The standard InChI is InChI=1S/C32H40N10O3S/c1-5-22-21-36-32(39-31(22)37-27-9-8-26-29(35-13-12-34-26)30(27)46(43,44)33-2)38-25-7-6-24(20-28(25)45-4)41-14-10-23(11-15-41)42-18-16-40(3)17-19-42/h5-9,12-13,20-21,23,33H,1,10-11,14-19H2,2-4H3,(H2,36,37,38,39). The highest BCUT2D eigenvalue weighted by Crippen LogP contribution is 2.35. The molecule has 2 aromatic heterocycles. The number of nitrogens with one attached hydrogen (secondary N) is 3. The number of rotatable bonds is 10. The number of methoxy groups -OCH3 is 1. The molecule has 4 aromatic rings. The molecule has 4 heterocycles. The van der Waals surface area contributed by atoms with Crippen LogP contribution >= 0.6 is 0 Å². The minimum atomic E-state index is -3.91. The predicted octanol–water partition coefficient (Wildman–Crippen LogP) is 3.68. The summed E-state index contributed by atoms with van der Waals surface area (Å²) in [5.74, 6) is 1.33. The molecule has 3 N–H and O–H groups in total. The minimum Gasteiger partial charge on any atom is -0.494 e.